The Labute approximate surface area is 101 Å². The van der Waals surface area contributed by atoms with Gasteiger partial charge in [-0.05, 0) is 43.4 Å². The van der Waals surface area contributed by atoms with E-state index in [1.807, 2.05) is 0 Å². The third-order valence-corrected chi connectivity index (χ3v) is 3.06. The van der Waals surface area contributed by atoms with Crippen molar-refractivity contribution in [2.45, 2.75) is 19.8 Å². The van der Waals surface area contributed by atoms with Crippen molar-refractivity contribution in [3.05, 3.63) is 41.2 Å². The molecule has 0 atom stereocenters. The smallest absolute Gasteiger partial charge is 0.251 e. The number of hydrogen-bond donors (Lipinski definition) is 1. The van der Waals surface area contributed by atoms with Gasteiger partial charge in [-0.2, -0.15) is 0 Å². The number of hydrogen-bond acceptors (Lipinski definition) is 1. The number of rotatable bonds is 4. The average molecular weight is 233 g/mol. The minimum atomic E-state index is -0.401. The van der Waals surface area contributed by atoms with Crippen LogP contribution in [0.4, 0.5) is 4.39 Å². The Kier molecular flexibility index (Phi) is 3.27. The standard InChI is InChI=1S/C14H16FNO/c1-3-11-6-9(2)12(7-13(11)15)14(17)16-8-10-4-5-10/h3,6-7,10H,1,4-5,8H2,2H3,(H,16,17). The van der Waals surface area contributed by atoms with Crippen LogP contribution in [0.1, 0.15) is 34.3 Å². The van der Waals surface area contributed by atoms with Crippen molar-refractivity contribution in [3.63, 3.8) is 0 Å². The van der Waals surface area contributed by atoms with Gasteiger partial charge in [0.05, 0.1) is 0 Å². The molecular weight excluding hydrogens is 217 g/mol. The molecule has 0 aliphatic heterocycles. The molecule has 1 fully saturated rings. The van der Waals surface area contributed by atoms with Crippen LogP contribution in [0, 0.1) is 18.7 Å². The van der Waals surface area contributed by atoms with Gasteiger partial charge in [0.2, 0.25) is 0 Å². The molecule has 1 amide bonds. The zero-order valence-electron chi connectivity index (χ0n) is 9.92. The Hall–Kier alpha value is -1.64. The van der Waals surface area contributed by atoms with Crippen LogP contribution in [-0.4, -0.2) is 12.5 Å². The van der Waals surface area contributed by atoms with E-state index in [1.165, 1.54) is 25.0 Å². The summed E-state index contributed by atoms with van der Waals surface area (Å²) in [6, 6.07) is 2.93. The molecule has 0 unspecified atom stereocenters. The molecule has 17 heavy (non-hydrogen) atoms. The van der Waals surface area contributed by atoms with Crippen molar-refractivity contribution >= 4 is 12.0 Å². The molecule has 0 heterocycles. The molecule has 0 spiro atoms. The lowest BCUT2D eigenvalue weighted by atomic mass is 10.0. The Morgan fingerprint density at radius 1 is 1.59 bits per heavy atom. The van der Waals surface area contributed by atoms with Crippen molar-refractivity contribution in [2.75, 3.05) is 6.54 Å². The van der Waals surface area contributed by atoms with E-state index in [4.69, 9.17) is 0 Å². The molecule has 0 aromatic heterocycles. The van der Waals surface area contributed by atoms with Gasteiger partial charge in [-0.15, -0.1) is 0 Å². The fraction of sp³-hybridized carbons (Fsp3) is 0.357. The number of benzene rings is 1. The summed E-state index contributed by atoms with van der Waals surface area (Å²) in [4.78, 5) is 11.8. The first-order valence-electron chi connectivity index (χ1n) is 5.82. The molecule has 1 aromatic rings. The second kappa shape index (κ2) is 4.70. The SMILES string of the molecule is C=Cc1cc(C)c(C(=O)NCC2CC2)cc1F. The van der Waals surface area contributed by atoms with E-state index in [2.05, 4.69) is 11.9 Å². The highest BCUT2D eigenvalue weighted by molar-refractivity contribution is 5.95. The molecule has 1 saturated carbocycles. The monoisotopic (exact) mass is 233 g/mol. The van der Waals surface area contributed by atoms with Gasteiger partial charge in [0, 0.05) is 17.7 Å². The summed E-state index contributed by atoms with van der Waals surface area (Å²) < 4.78 is 13.6. The average Bonchev–Trinajstić information content (AvgIpc) is 3.12. The van der Waals surface area contributed by atoms with Gasteiger partial charge in [-0.25, -0.2) is 4.39 Å². The lowest BCUT2D eigenvalue weighted by molar-refractivity contribution is 0.0950. The quantitative estimate of drug-likeness (QED) is 0.851. The van der Waals surface area contributed by atoms with Gasteiger partial charge in [0.15, 0.2) is 0 Å². The Bertz CT molecular complexity index is 464. The first-order chi connectivity index (χ1) is 8.11. The molecular formula is C14H16FNO. The van der Waals surface area contributed by atoms with Crippen LogP contribution in [-0.2, 0) is 0 Å². The predicted molar refractivity (Wildman–Crippen MR) is 66.3 cm³/mol. The second-order valence-electron chi connectivity index (χ2n) is 4.55. The number of amides is 1. The van der Waals surface area contributed by atoms with Crippen LogP contribution < -0.4 is 5.32 Å². The second-order valence-corrected chi connectivity index (χ2v) is 4.55. The molecule has 0 bridgehead atoms. The van der Waals surface area contributed by atoms with Gasteiger partial charge in [0.1, 0.15) is 5.82 Å². The van der Waals surface area contributed by atoms with E-state index in [9.17, 15) is 9.18 Å². The number of carbonyl (C=O) groups excluding carboxylic acids is 1. The van der Waals surface area contributed by atoms with Gasteiger partial charge in [-0.3, -0.25) is 4.79 Å². The normalized spacial score (nSPS) is 14.5. The summed E-state index contributed by atoms with van der Waals surface area (Å²) in [5, 5.41) is 2.83. The maximum Gasteiger partial charge on any atom is 0.251 e. The Morgan fingerprint density at radius 3 is 2.88 bits per heavy atom. The van der Waals surface area contributed by atoms with Gasteiger partial charge < -0.3 is 5.32 Å². The molecule has 1 aromatic carbocycles. The lowest BCUT2D eigenvalue weighted by Gasteiger charge is -2.08. The Morgan fingerprint density at radius 2 is 2.29 bits per heavy atom. The molecule has 2 rings (SSSR count). The molecule has 0 radical (unpaired) electrons. The summed E-state index contributed by atoms with van der Waals surface area (Å²) in [5.41, 5.74) is 1.62. The van der Waals surface area contributed by atoms with E-state index >= 15 is 0 Å². The first-order valence-corrected chi connectivity index (χ1v) is 5.82. The third kappa shape index (κ3) is 2.73. The van der Waals surface area contributed by atoms with Gasteiger partial charge >= 0.3 is 0 Å². The van der Waals surface area contributed by atoms with Crippen molar-refractivity contribution in [1.82, 2.24) is 5.32 Å². The molecule has 2 nitrogen and oxygen atoms in total. The van der Waals surface area contributed by atoms with Crippen molar-refractivity contribution in [2.24, 2.45) is 5.92 Å². The highest BCUT2D eigenvalue weighted by atomic mass is 19.1. The van der Waals surface area contributed by atoms with Crippen molar-refractivity contribution < 1.29 is 9.18 Å². The van der Waals surface area contributed by atoms with Crippen LogP contribution in [0.3, 0.4) is 0 Å². The van der Waals surface area contributed by atoms with Gasteiger partial charge in [0.25, 0.3) is 5.91 Å². The first kappa shape index (κ1) is 11.8. The maximum atomic E-state index is 13.6. The van der Waals surface area contributed by atoms with E-state index in [-0.39, 0.29) is 5.91 Å². The minimum Gasteiger partial charge on any atom is -0.352 e. The Balaban J connectivity index is 2.15. The van der Waals surface area contributed by atoms with Crippen LogP contribution in [0.25, 0.3) is 6.08 Å². The molecule has 0 saturated heterocycles. The summed E-state index contributed by atoms with van der Waals surface area (Å²) >= 11 is 0. The zero-order valence-corrected chi connectivity index (χ0v) is 9.92. The maximum absolute atomic E-state index is 13.6. The molecule has 90 valence electrons. The number of aryl methyl sites for hydroxylation is 1. The minimum absolute atomic E-state index is 0.191. The number of halogens is 1. The van der Waals surface area contributed by atoms with Crippen LogP contribution in [0.2, 0.25) is 0 Å². The molecule has 1 aliphatic rings. The van der Waals surface area contributed by atoms with Crippen molar-refractivity contribution in [3.8, 4) is 0 Å². The molecule has 1 N–H and O–H groups in total. The third-order valence-electron chi connectivity index (χ3n) is 3.06. The van der Waals surface area contributed by atoms with Crippen LogP contribution in [0.15, 0.2) is 18.7 Å². The van der Waals surface area contributed by atoms with Crippen LogP contribution >= 0.6 is 0 Å². The fourth-order valence-electron chi connectivity index (χ4n) is 1.76. The largest absolute Gasteiger partial charge is 0.352 e. The van der Waals surface area contributed by atoms with E-state index in [0.29, 0.717) is 23.6 Å². The van der Waals surface area contributed by atoms with Gasteiger partial charge in [-0.1, -0.05) is 12.7 Å². The summed E-state index contributed by atoms with van der Waals surface area (Å²) in [5.74, 6) is 0.0302. The number of carbonyl (C=O) groups is 1. The summed E-state index contributed by atoms with van der Waals surface area (Å²) in [6.45, 7) is 6.04. The summed E-state index contributed by atoms with van der Waals surface area (Å²) in [6.07, 6.45) is 3.82. The highest BCUT2D eigenvalue weighted by Gasteiger charge is 2.22. The van der Waals surface area contributed by atoms with E-state index in [0.717, 1.165) is 5.56 Å². The van der Waals surface area contributed by atoms with Crippen molar-refractivity contribution in [1.29, 1.82) is 0 Å². The zero-order chi connectivity index (χ0) is 12.4. The molecule has 3 heteroatoms. The fourth-order valence-corrected chi connectivity index (χ4v) is 1.76. The van der Waals surface area contributed by atoms with E-state index < -0.39 is 5.82 Å². The molecule has 1 aliphatic carbocycles. The highest BCUT2D eigenvalue weighted by Crippen LogP contribution is 2.27. The number of nitrogens with one attached hydrogen (secondary N) is 1. The topological polar surface area (TPSA) is 29.1 Å². The summed E-state index contributed by atoms with van der Waals surface area (Å²) in [7, 11) is 0. The predicted octanol–water partition coefficient (Wildman–Crippen LogP) is 2.92. The lowest BCUT2D eigenvalue weighted by Crippen LogP contribution is -2.26. The van der Waals surface area contributed by atoms with Crippen LogP contribution in [0.5, 0.6) is 0 Å². The van der Waals surface area contributed by atoms with E-state index in [1.54, 1.807) is 13.0 Å².